The molecule has 1 saturated heterocycles. The molecule has 1 unspecified atom stereocenters. The van der Waals surface area contributed by atoms with Crippen molar-refractivity contribution in [3.63, 3.8) is 0 Å². The minimum Gasteiger partial charge on any atom is -0.317 e. The summed E-state index contributed by atoms with van der Waals surface area (Å²) in [4.78, 5) is 2.65. The summed E-state index contributed by atoms with van der Waals surface area (Å²) >= 11 is 0. The van der Waals surface area contributed by atoms with Crippen LogP contribution in [0.15, 0.2) is 0 Å². The number of rotatable bonds is 5. The second-order valence-corrected chi connectivity index (χ2v) is 5.23. The fourth-order valence-corrected chi connectivity index (χ4v) is 2.31. The van der Waals surface area contributed by atoms with Crippen molar-refractivity contribution >= 4 is 0 Å². The maximum absolute atomic E-state index is 3.29. The quantitative estimate of drug-likeness (QED) is 0.729. The fourth-order valence-electron chi connectivity index (χ4n) is 2.31. The Morgan fingerprint density at radius 1 is 1.43 bits per heavy atom. The summed E-state index contributed by atoms with van der Waals surface area (Å²) in [6, 6.07) is 0.667. The summed E-state index contributed by atoms with van der Waals surface area (Å²) in [5.74, 6) is 0. The van der Waals surface area contributed by atoms with Crippen LogP contribution in [0.25, 0.3) is 0 Å². The van der Waals surface area contributed by atoms with E-state index in [1.54, 1.807) is 0 Å². The summed E-state index contributed by atoms with van der Waals surface area (Å²) in [7, 11) is 2.05. The SMILES string of the molecule is CNC(C)CCCN1CCCC1(C)C. The van der Waals surface area contributed by atoms with Gasteiger partial charge >= 0.3 is 0 Å². The Hall–Kier alpha value is -0.0800. The predicted molar refractivity (Wildman–Crippen MR) is 62.6 cm³/mol. The van der Waals surface area contributed by atoms with E-state index in [4.69, 9.17) is 0 Å². The monoisotopic (exact) mass is 198 g/mol. The highest BCUT2D eigenvalue weighted by molar-refractivity contribution is 4.87. The van der Waals surface area contributed by atoms with E-state index < -0.39 is 0 Å². The molecule has 0 amide bonds. The molecule has 0 aromatic heterocycles. The molecule has 1 heterocycles. The van der Waals surface area contributed by atoms with Crippen molar-refractivity contribution in [1.82, 2.24) is 10.2 Å². The van der Waals surface area contributed by atoms with Crippen molar-refractivity contribution < 1.29 is 0 Å². The van der Waals surface area contributed by atoms with Gasteiger partial charge in [0.05, 0.1) is 0 Å². The van der Waals surface area contributed by atoms with Gasteiger partial charge in [-0.05, 0) is 66.6 Å². The van der Waals surface area contributed by atoms with Crippen molar-refractivity contribution in [1.29, 1.82) is 0 Å². The average molecular weight is 198 g/mol. The van der Waals surface area contributed by atoms with Crippen molar-refractivity contribution in [2.45, 2.75) is 58.0 Å². The zero-order valence-electron chi connectivity index (χ0n) is 10.3. The molecule has 1 rings (SSSR count). The number of nitrogens with zero attached hydrogens (tertiary/aromatic N) is 1. The fraction of sp³-hybridized carbons (Fsp3) is 1.00. The molecule has 1 aliphatic rings. The lowest BCUT2D eigenvalue weighted by atomic mass is 10.0. The summed E-state index contributed by atoms with van der Waals surface area (Å²) < 4.78 is 0. The molecule has 1 fully saturated rings. The normalized spacial score (nSPS) is 24.0. The second-order valence-electron chi connectivity index (χ2n) is 5.23. The molecule has 0 aliphatic carbocycles. The van der Waals surface area contributed by atoms with Gasteiger partial charge < -0.3 is 5.32 Å². The van der Waals surface area contributed by atoms with E-state index >= 15 is 0 Å². The zero-order chi connectivity index (χ0) is 10.6. The van der Waals surface area contributed by atoms with Crippen molar-refractivity contribution in [3.8, 4) is 0 Å². The maximum Gasteiger partial charge on any atom is 0.0153 e. The first kappa shape index (κ1) is 12.0. The smallest absolute Gasteiger partial charge is 0.0153 e. The van der Waals surface area contributed by atoms with Crippen LogP contribution in [0.1, 0.15) is 46.5 Å². The lowest BCUT2D eigenvalue weighted by molar-refractivity contribution is 0.170. The lowest BCUT2D eigenvalue weighted by Gasteiger charge is -2.31. The summed E-state index contributed by atoms with van der Waals surface area (Å²) in [5.41, 5.74) is 0.461. The van der Waals surface area contributed by atoms with E-state index in [0.717, 1.165) is 0 Å². The van der Waals surface area contributed by atoms with Gasteiger partial charge in [-0.1, -0.05) is 0 Å². The third-order valence-corrected chi connectivity index (χ3v) is 3.63. The van der Waals surface area contributed by atoms with E-state index in [2.05, 4.69) is 31.0 Å². The van der Waals surface area contributed by atoms with Gasteiger partial charge in [-0.25, -0.2) is 0 Å². The number of hydrogen-bond acceptors (Lipinski definition) is 2. The molecule has 14 heavy (non-hydrogen) atoms. The third-order valence-electron chi connectivity index (χ3n) is 3.63. The Labute approximate surface area is 89.1 Å². The molecule has 0 aromatic rings. The Bertz CT molecular complexity index is 166. The summed E-state index contributed by atoms with van der Waals surface area (Å²) in [6.45, 7) is 9.60. The molecular formula is C12H26N2. The molecule has 84 valence electrons. The van der Waals surface area contributed by atoms with Gasteiger partial charge in [0.15, 0.2) is 0 Å². The molecular weight excluding hydrogens is 172 g/mol. The lowest BCUT2D eigenvalue weighted by Crippen LogP contribution is -2.39. The van der Waals surface area contributed by atoms with Crippen molar-refractivity contribution in [2.24, 2.45) is 0 Å². The highest BCUT2D eigenvalue weighted by Crippen LogP contribution is 2.28. The van der Waals surface area contributed by atoms with E-state index in [-0.39, 0.29) is 0 Å². The van der Waals surface area contributed by atoms with Gasteiger partial charge in [0.1, 0.15) is 0 Å². The minimum atomic E-state index is 0.461. The highest BCUT2D eigenvalue weighted by atomic mass is 15.2. The Kier molecular flexibility index (Phi) is 4.39. The molecule has 1 N–H and O–H groups in total. The van der Waals surface area contributed by atoms with Gasteiger partial charge in [-0.2, -0.15) is 0 Å². The average Bonchev–Trinajstić information content (AvgIpc) is 2.45. The molecule has 1 aliphatic heterocycles. The topological polar surface area (TPSA) is 15.3 Å². The number of likely N-dealkylation sites (tertiary alicyclic amines) is 1. The minimum absolute atomic E-state index is 0.461. The van der Waals surface area contributed by atoms with Crippen LogP contribution in [-0.2, 0) is 0 Å². The largest absolute Gasteiger partial charge is 0.317 e. The third kappa shape index (κ3) is 3.25. The van der Waals surface area contributed by atoms with E-state index in [9.17, 15) is 0 Å². The van der Waals surface area contributed by atoms with Crippen LogP contribution in [0.2, 0.25) is 0 Å². The first-order chi connectivity index (χ1) is 6.56. The molecule has 2 nitrogen and oxygen atoms in total. The molecule has 0 saturated carbocycles. The number of nitrogens with one attached hydrogen (secondary N) is 1. The van der Waals surface area contributed by atoms with Gasteiger partial charge in [0, 0.05) is 11.6 Å². The Morgan fingerprint density at radius 2 is 2.14 bits per heavy atom. The molecule has 0 spiro atoms. The summed E-state index contributed by atoms with van der Waals surface area (Å²) in [5, 5.41) is 3.29. The van der Waals surface area contributed by atoms with E-state index in [0.29, 0.717) is 11.6 Å². The van der Waals surface area contributed by atoms with Gasteiger partial charge in [-0.15, -0.1) is 0 Å². The molecule has 0 bridgehead atoms. The van der Waals surface area contributed by atoms with Crippen molar-refractivity contribution in [3.05, 3.63) is 0 Å². The standard InChI is InChI=1S/C12H26N2/c1-11(13-4)7-5-9-14-10-6-8-12(14,2)3/h11,13H,5-10H2,1-4H3. The molecule has 0 radical (unpaired) electrons. The van der Waals surface area contributed by atoms with Crippen LogP contribution in [0.4, 0.5) is 0 Å². The second kappa shape index (κ2) is 5.13. The molecule has 2 heteroatoms. The number of hydrogen-bond donors (Lipinski definition) is 1. The van der Waals surface area contributed by atoms with Gasteiger partial charge in [0.25, 0.3) is 0 Å². The highest BCUT2D eigenvalue weighted by Gasteiger charge is 2.30. The van der Waals surface area contributed by atoms with Crippen LogP contribution < -0.4 is 5.32 Å². The van der Waals surface area contributed by atoms with Crippen LogP contribution >= 0.6 is 0 Å². The molecule has 1 atom stereocenters. The van der Waals surface area contributed by atoms with Crippen LogP contribution in [0.5, 0.6) is 0 Å². The summed E-state index contributed by atoms with van der Waals surface area (Å²) in [6.07, 6.45) is 5.37. The molecule has 0 aromatic carbocycles. The zero-order valence-corrected chi connectivity index (χ0v) is 10.3. The van der Waals surface area contributed by atoms with Crippen LogP contribution in [-0.4, -0.2) is 36.6 Å². The first-order valence-corrected chi connectivity index (χ1v) is 5.98. The van der Waals surface area contributed by atoms with Crippen molar-refractivity contribution in [2.75, 3.05) is 20.1 Å². The predicted octanol–water partition coefficient (Wildman–Crippen LogP) is 2.25. The Morgan fingerprint density at radius 3 is 2.64 bits per heavy atom. The van der Waals surface area contributed by atoms with Gasteiger partial charge in [-0.3, -0.25) is 4.90 Å². The van der Waals surface area contributed by atoms with Crippen LogP contribution in [0.3, 0.4) is 0 Å². The Balaban J connectivity index is 2.18. The van der Waals surface area contributed by atoms with E-state index in [1.165, 1.54) is 38.8 Å². The van der Waals surface area contributed by atoms with E-state index in [1.807, 2.05) is 7.05 Å². The maximum atomic E-state index is 3.29. The van der Waals surface area contributed by atoms with Crippen LogP contribution in [0, 0.1) is 0 Å². The van der Waals surface area contributed by atoms with Gasteiger partial charge in [0.2, 0.25) is 0 Å². The first-order valence-electron chi connectivity index (χ1n) is 5.98.